The second-order valence-electron chi connectivity index (χ2n) is 9.29. The third-order valence-corrected chi connectivity index (χ3v) is 7.19. The smallest absolute Gasteiger partial charge is 0.194 e. The predicted octanol–water partition coefficient (Wildman–Crippen LogP) is 3.55. The van der Waals surface area contributed by atoms with Crippen molar-refractivity contribution in [3.63, 3.8) is 0 Å². The number of rotatable bonds is 6. The third-order valence-electron chi connectivity index (χ3n) is 7.19. The number of aliphatic imine (C=N–C) groups is 1. The molecule has 7 heteroatoms. The molecule has 3 aliphatic heterocycles. The highest BCUT2D eigenvalue weighted by Gasteiger charge is 2.30. The molecule has 3 aliphatic rings. The van der Waals surface area contributed by atoms with Crippen molar-refractivity contribution >= 4 is 29.9 Å². The van der Waals surface area contributed by atoms with Crippen molar-refractivity contribution in [1.29, 1.82) is 0 Å². The van der Waals surface area contributed by atoms with Crippen LogP contribution in [0.15, 0.2) is 29.3 Å². The number of likely N-dealkylation sites (tertiary alicyclic amines) is 2. The first-order chi connectivity index (χ1) is 15.2. The molecule has 6 nitrogen and oxygen atoms in total. The van der Waals surface area contributed by atoms with Crippen molar-refractivity contribution in [2.45, 2.75) is 64.7 Å². The second-order valence-corrected chi connectivity index (χ2v) is 9.29. The fourth-order valence-corrected chi connectivity index (χ4v) is 5.24. The van der Waals surface area contributed by atoms with E-state index in [0.29, 0.717) is 12.1 Å². The predicted molar refractivity (Wildman–Crippen MR) is 143 cm³/mol. The van der Waals surface area contributed by atoms with Gasteiger partial charge in [-0.2, -0.15) is 0 Å². The highest BCUT2D eigenvalue weighted by molar-refractivity contribution is 14.0. The molecule has 180 valence electrons. The van der Waals surface area contributed by atoms with Crippen LogP contribution in [-0.4, -0.2) is 85.2 Å². The summed E-state index contributed by atoms with van der Waals surface area (Å²) in [6, 6.07) is 10.2. The van der Waals surface area contributed by atoms with Gasteiger partial charge < -0.3 is 15.0 Å². The van der Waals surface area contributed by atoms with E-state index < -0.39 is 0 Å². The van der Waals surface area contributed by atoms with E-state index in [1.165, 1.54) is 43.4 Å². The van der Waals surface area contributed by atoms with Gasteiger partial charge in [0.25, 0.3) is 0 Å². The summed E-state index contributed by atoms with van der Waals surface area (Å²) in [5.74, 6) is 1.07. The van der Waals surface area contributed by atoms with Crippen LogP contribution >= 0.6 is 24.0 Å². The quantitative estimate of drug-likeness (QED) is 0.331. The molecule has 0 aliphatic carbocycles. The molecule has 1 aromatic carbocycles. The highest BCUT2D eigenvalue weighted by Crippen LogP contribution is 2.22. The summed E-state index contributed by atoms with van der Waals surface area (Å²) < 4.78 is 5.54. The number of piperidine rings is 1. The van der Waals surface area contributed by atoms with Crippen LogP contribution in [0.4, 0.5) is 0 Å². The van der Waals surface area contributed by atoms with Gasteiger partial charge >= 0.3 is 0 Å². The standard InChI is InChI=1S/C25H41N5O.HI/c1-3-26-25(30-13-11-24(20-30)28-14-16-31-17-15-28)27-18-22-9-4-5-10-23(22)19-29-12-7-6-8-21(29)2;/h4-5,9-10,21,24H,3,6-8,11-20H2,1-2H3,(H,26,27);1H. The van der Waals surface area contributed by atoms with Gasteiger partial charge in [0.15, 0.2) is 5.96 Å². The molecular weight excluding hydrogens is 513 g/mol. The number of ether oxygens (including phenoxy) is 1. The zero-order valence-electron chi connectivity index (χ0n) is 20.0. The SMILES string of the molecule is CCNC(=NCc1ccccc1CN1CCCCC1C)N1CCC(N2CCOCC2)C1.I. The summed E-state index contributed by atoms with van der Waals surface area (Å²) in [7, 11) is 0. The van der Waals surface area contributed by atoms with Gasteiger partial charge in [0.1, 0.15) is 0 Å². The van der Waals surface area contributed by atoms with Gasteiger partial charge in [-0.3, -0.25) is 9.80 Å². The highest BCUT2D eigenvalue weighted by atomic mass is 127. The van der Waals surface area contributed by atoms with E-state index in [0.717, 1.165) is 65.0 Å². The zero-order valence-corrected chi connectivity index (χ0v) is 22.3. The maximum Gasteiger partial charge on any atom is 0.194 e. The lowest BCUT2D eigenvalue weighted by Crippen LogP contribution is -2.46. The van der Waals surface area contributed by atoms with Crippen molar-refractivity contribution in [3.8, 4) is 0 Å². The van der Waals surface area contributed by atoms with Gasteiger partial charge in [-0.25, -0.2) is 4.99 Å². The minimum absolute atomic E-state index is 0. The Morgan fingerprint density at radius 1 is 1.06 bits per heavy atom. The van der Waals surface area contributed by atoms with Gasteiger partial charge in [0.2, 0.25) is 0 Å². The molecule has 0 amide bonds. The lowest BCUT2D eigenvalue weighted by Gasteiger charge is -2.33. The molecule has 0 aromatic heterocycles. The van der Waals surface area contributed by atoms with E-state index in [-0.39, 0.29) is 24.0 Å². The molecule has 4 rings (SSSR count). The lowest BCUT2D eigenvalue weighted by molar-refractivity contribution is 0.0195. The molecule has 0 bridgehead atoms. The molecule has 2 unspecified atom stereocenters. The molecular formula is C25H42IN5O. The first-order valence-corrected chi connectivity index (χ1v) is 12.4. The van der Waals surface area contributed by atoms with E-state index in [4.69, 9.17) is 9.73 Å². The molecule has 0 spiro atoms. The molecule has 0 radical (unpaired) electrons. The average molecular weight is 556 g/mol. The summed E-state index contributed by atoms with van der Waals surface area (Å²) in [4.78, 5) is 12.8. The minimum Gasteiger partial charge on any atom is -0.379 e. The number of nitrogens with zero attached hydrogens (tertiary/aromatic N) is 4. The van der Waals surface area contributed by atoms with E-state index in [9.17, 15) is 0 Å². The topological polar surface area (TPSA) is 43.3 Å². The van der Waals surface area contributed by atoms with Gasteiger partial charge in [-0.15, -0.1) is 24.0 Å². The van der Waals surface area contributed by atoms with Crippen LogP contribution in [0.25, 0.3) is 0 Å². The van der Waals surface area contributed by atoms with Gasteiger partial charge in [0.05, 0.1) is 19.8 Å². The van der Waals surface area contributed by atoms with Gasteiger partial charge in [-0.1, -0.05) is 30.7 Å². The molecule has 2 atom stereocenters. The summed E-state index contributed by atoms with van der Waals surface area (Å²) >= 11 is 0. The minimum atomic E-state index is 0. The fraction of sp³-hybridized carbons (Fsp3) is 0.720. The largest absolute Gasteiger partial charge is 0.379 e. The lowest BCUT2D eigenvalue weighted by atomic mass is 10.0. The summed E-state index contributed by atoms with van der Waals surface area (Å²) in [5, 5.41) is 3.55. The van der Waals surface area contributed by atoms with Crippen LogP contribution in [0.5, 0.6) is 0 Å². The van der Waals surface area contributed by atoms with Crippen molar-refractivity contribution in [3.05, 3.63) is 35.4 Å². The van der Waals surface area contributed by atoms with Crippen molar-refractivity contribution in [1.82, 2.24) is 20.0 Å². The van der Waals surface area contributed by atoms with Crippen LogP contribution < -0.4 is 5.32 Å². The molecule has 3 fully saturated rings. The first kappa shape index (κ1) is 25.7. The van der Waals surface area contributed by atoms with Crippen LogP contribution in [0.1, 0.15) is 50.7 Å². The Morgan fingerprint density at radius 3 is 2.59 bits per heavy atom. The average Bonchev–Trinajstić information content (AvgIpc) is 3.30. The Labute approximate surface area is 211 Å². The third kappa shape index (κ3) is 6.81. The molecule has 32 heavy (non-hydrogen) atoms. The van der Waals surface area contributed by atoms with E-state index >= 15 is 0 Å². The van der Waals surface area contributed by atoms with E-state index in [1.54, 1.807) is 0 Å². The monoisotopic (exact) mass is 555 g/mol. The van der Waals surface area contributed by atoms with Gasteiger partial charge in [0, 0.05) is 51.4 Å². The maximum atomic E-state index is 5.54. The number of hydrogen-bond acceptors (Lipinski definition) is 4. The van der Waals surface area contributed by atoms with Gasteiger partial charge in [-0.05, 0) is 50.8 Å². The number of morpholine rings is 1. The number of hydrogen-bond donors (Lipinski definition) is 1. The van der Waals surface area contributed by atoms with Crippen LogP contribution in [0, 0.1) is 0 Å². The summed E-state index contributed by atoms with van der Waals surface area (Å²) in [5.41, 5.74) is 2.79. The van der Waals surface area contributed by atoms with Crippen molar-refractivity contribution < 1.29 is 4.74 Å². The van der Waals surface area contributed by atoms with E-state index in [1.807, 2.05) is 0 Å². The summed E-state index contributed by atoms with van der Waals surface area (Å²) in [6.07, 6.45) is 5.24. The normalized spacial score (nSPS) is 25.6. The Morgan fingerprint density at radius 2 is 1.84 bits per heavy atom. The Balaban J connectivity index is 0.00000289. The molecule has 1 N–H and O–H groups in total. The molecule has 1 aromatic rings. The van der Waals surface area contributed by atoms with Crippen LogP contribution in [-0.2, 0) is 17.8 Å². The number of guanidine groups is 1. The van der Waals surface area contributed by atoms with Crippen molar-refractivity contribution in [2.24, 2.45) is 4.99 Å². The molecule has 3 heterocycles. The van der Waals surface area contributed by atoms with Crippen LogP contribution in [0.2, 0.25) is 0 Å². The number of nitrogens with one attached hydrogen (secondary N) is 1. The first-order valence-electron chi connectivity index (χ1n) is 12.4. The molecule has 3 saturated heterocycles. The number of benzene rings is 1. The summed E-state index contributed by atoms with van der Waals surface area (Å²) in [6.45, 7) is 14.5. The Kier molecular flexibility index (Phi) is 10.5. The number of halogens is 1. The Hall–Kier alpha value is -0.900. The maximum absolute atomic E-state index is 5.54. The zero-order chi connectivity index (χ0) is 21.5. The molecule has 0 saturated carbocycles. The van der Waals surface area contributed by atoms with E-state index in [2.05, 4.69) is 58.1 Å². The fourth-order valence-electron chi connectivity index (χ4n) is 5.24. The Bertz CT molecular complexity index is 724. The van der Waals surface area contributed by atoms with Crippen molar-refractivity contribution in [2.75, 3.05) is 52.5 Å². The van der Waals surface area contributed by atoms with Crippen LogP contribution in [0.3, 0.4) is 0 Å². The second kappa shape index (κ2) is 13.1.